The third-order valence-electron chi connectivity index (χ3n) is 2.87. The van der Waals surface area contributed by atoms with Crippen molar-refractivity contribution in [2.24, 2.45) is 0 Å². The molecule has 102 valence electrons. The summed E-state index contributed by atoms with van der Waals surface area (Å²) < 4.78 is 31.9. The number of halogens is 2. The van der Waals surface area contributed by atoms with E-state index in [9.17, 15) is 8.78 Å². The summed E-state index contributed by atoms with van der Waals surface area (Å²) in [5.74, 6) is 0.0770. The Balaban J connectivity index is 2.16. The van der Waals surface area contributed by atoms with E-state index < -0.39 is 11.6 Å². The Labute approximate surface area is 111 Å². The lowest BCUT2D eigenvalue weighted by Gasteiger charge is -2.09. The summed E-state index contributed by atoms with van der Waals surface area (Å²) in [6, 6.07) is 7.25. The van der Waals surface area contributed by atoms with E-state index in [1.807, 2.05) is 13.0 Å². The zero-order valence-electron chi connectivity index (χ0n) is 11.0. The summed E-state index contributed by atoms with van der Waals surface area (Å²) in [6.07, 6.45) is 0.742. The third kappa shape index (κ3) is 3.64. The van der Waals surface area contributed by atoms with Gasteiger partial charge >= 0.3 is 0 Å². The summed E-state index contributed by atoms with van der Waals surface area (Å²) >= 11 is 0. The van der Waals surface area contributed by atoms with Crippen molar-refractivity contribution in [2.75, 3.05) is 6.54 Å². The first-order valence-corrected chi connectivity index (χ1v) is 6.37. The smallest absolute Gasteiger partial charge is 0.134 e. The average Bonchev–Trinajstić information content (AvgIpc) is 2.76. The maximum Gasteiger partial charge on any atom is 0.134 e. The zero-order chi connectivity index (χ0) is 13.8. The van der Waals surface area contributed by atoms with Crippen LogP contribution in [0.5, 0.6) is 0 Å². The van der Waals surface area contributed by atoms with Crippen LogP contribution in [0.2, 0.25) is 0 Å². The normalized spacial score (nSPS) is 12.6. The molecular formula is C15H17F2NO. The lowest BCUT2D eigenvalue weighted by atomic mass is 10.1. The topological polar surface area (TPSA) is 25.2 Å². The predicted octanol–water partition coefficient (Wildman–Crippen LogP) is 3.77. The van der Waals surface area contributed by atoms with Gasteiger partial charge in [-0.05, 0) is 37.7 Å². The van der Waals surface area contributed by atoms with E-state index in [4.69, 9.17) is 4.42 Å². The highest BCUT2D eigenvalue weighted by atomic mass is 19.1. The molecule has 2 aromatic rings. The molecule has 1 N–H and O–H groups in total. The van der Waals surface area contributed by atoms with Crippen LogP contribution in [-0.2, 0) is 6.42 Å². The van der Waals surface area contributed by atoms with Crippen LogP contribution < -0.4 is 5.32 Å². The lowest BCUT2D eigenvalue weighted by molar-refractivity contribution is 0.469. The summed E-state index contributed by atoms with van der Waals surface area (Å²) in [5.41, 5.74) is 0.417. The first kappa shape index (κ1) is 13.7. The van der Waals surface area contributed by atoms with Crippen molar-refractivity contribution in [3.8, 4) is 11.3 Å². The van der Waals surface area contributed by atoms with E-state index in [1.54, 1.807) is 6.07 Å². The van der Waals surface area contributed by atoms with Crippen molar-refractivity contribution in [2.45, 2.75) is 26.3 Å². The second kappa shape index (κ2) is 5.97. The maximum absolute atomic E-state index is 13.1. The SMILES string of the molecule is CCNC(C)Cc1ccc(-c2cc(F)cc(F)c2)o1. The summed E-state index contributed by atoms with van der Waals surface area (Å²) in [5, 5.41) is 3.28. The van der Waals surface area contributed by atoms with Crippen LogP contribution in [0.3, 0.4) is 0 Å². The van der Waals surface area contributed by atoms with Gasteiger partial charge in [-0.3, -0.25) is 0 Å². The van der Waals surface area contributed by atoms with E-state index >= 15 is 0 Å². The van der Waals surface area contributed by atoms with Crippen molar-refractivity contribution in [3.05, 3.63) is 47.7 Å². The number of rotatable bonds is 5. The molecule has 1 atom stereocenters. The van der Waals surface area contributed by atoms with E-state index in [-0.39, 0.29) is 0 Å². The van der Waals surface area contributed by atoms with Gasteiger partial charge in [-0.2, -0.15) is 0 Å². The highest BCUT2D eigenvalue weighted by Crippen LogP contribution is 2.24. The van der Waals surface area contributed by atoms with Crippen LogP contribution in [0, 0.1) is 11.6 Å². The molecule has 0 amide bonds. The quantitative estimate of drug-likeness (QED) is 0.890. The van der Waals surface area contributed by atoms with Gasteiger partial charge in [-0.15, -0.1) is 0 Å². The second-order valence-corrected chi connectivity index (χ2v) is 4.59. The Bertz CT molecular complexity index is 531. The molecule has 0 aliphatic rings. The first-order valence-electron chi connectivity index (χ1n) is 6.37. The van der Waals surface area contributed by atoms with Crippen molar-refractivity contribution in [1.29, 1.82) is 0 Å². The molecule has 1 heterocycles. The van der Waals surface area contributed by atoms with Gasteiger partial charge in [0.1, 0.15) is 23.2 Å². The number of hydrogen-bond acceptors (Lipinski definition) is 2. The van der Waals surface area contributed by atoms with E-state index in [1.165, 1.54) is 12.1 Å². The van der Waals surface area contributed by atoms with E-state index in [2.05, 4.69) is 12.2 Å². The van der Waals surface area contributed by atoms with E-state index in [0.717, 1.165) is 24.8 Å². The molecule has 0 aliphatic carbocycles. The van der Waals surface area contributed by atoms with Crippen molar-refractivity contribution < 1.29 is 13.2 Å². The molecule has 1 aromatic carbocycles. The van der Waals surface area contributed by atoms with Crippen LogP contribution in [0.25, 0.3) is 11.3 Å². The molecule has 2 nitrogen and oxygen atoms in total. The molecule has 0 radical (unpaired) electrons. The fourth-order valence-corrected chi connectivity index (χ4v) is 2.06. The fourth-order valence-electron chi connectivity index (χ4n) is 2.06. The van der Waals surface area contributed by atoms with Crippen LogP contribution in [0.15, 0.2) is 34.7 Å². The number of hydrogen-bond donors (Lipinski definition) is 1. The Morgan fingerprint density at radius 1 is 1.16 bits per heavy atom. The summed E-state index contributed by atoms with van der Waals surface area (Å²) in [4.78, 5) is 0. The Hall–Kier alpha value is -1.68. The monoisotopic (exact) mass is 265 g/mol. The standard InChI is InChI=1S/C15H17F2NO/c1-3-18-10(2)6-14-4-5-15(19-14)11-7-12(16)9-13(17)8-11/h4-5,7-10,18H,3,6H2,1-2H3. The molecule has 0 saturated carbocycles. The number of furan rings is 1. The summed E-state index contributed by atoms with van der Waals surface area (Å²) in [7, 11) is 0. The van der Waals surface area contributed by atoms with Crippen molar-refractivity contribution in [3.63, 3.8) is 0 Å². The van der Waals surface area contributed by atoms with E-state index in [0.29, 0.717) is 17.4 Å². The highest BCUT2D eigenvalue weighted by molar-refractivity contribution is 5.57. The molecule has 19 heavy (non-hydrogen) atoms. The zero-order valence-corrected chi connectivity index (χ0v) is 11.0. The first-order chi connectivity index (χ1) is 9.08. The second-order valence-electron chi connectivity index (χ2n) is 4.59. The molecule has 0 fully saturated rings. The predicted molar refractivity (Wildman–Crippen MR) is 70.9 cm³/mol. The number of nitrogens with one attached hydrogen (secondary N) is 1. The van der Waals surface area contributed by atoms with Gasteiger partial charge in [0.2, 0.25) is 0 Å². The van der Waals surface area contributed by atoms with Gasteiger partial charge in [-0.25, -0.2) is 8.78 Å². The lowest BCUT2D eigenvalue weighted by Crippen LogP contribution is -2.27. The van der Waals surface area contributed by atoms with Crippen LogP contribution in [0.1, 0.15) is 19.6 Å². The van der Waals surface area contributed by atoms with Crippen LogP contribution in [0.4, 0.5) is 8.78 Å². The largest absolute Gasteiger partial charge is 0.461 e. The molecule has 1 unspecified atom stereocenters. The maximum atomic E-state index is 13.1. The minimum Gasteiger partial charge on any atom is -0.461 e. The van der Waals surface area contributed by atoms with Crippen molar-refractivity contribution in [1.82, 2.24) is 5.32 Å². The van der Waals surface area contributed by atoms with Gasteiger partial charge in [-0.1, -0.05) is 6.92 Å². The Kier molecular flexibility index (Phi) is 4.32. The molecule has 2 rings (SSSR count). The van der Waals surface area contributed by atoms with Crippen LogP contribution >= 0.6 is 0 Å². The van der Waals surface area contributed by atoms with Gasteiger partial charge < -0.3 is 9.73 Å². The van der Waals surface area contributed by atoms with Gasteiger partial charge in [0.05, 0.1) is 0 Å². The Morgan fingerprint density at radius 3 is 2.47 bits per heavy atom. The molecule has 0 bridgehead atoms. The molecule has 4 heteroatoms. The fraction of sp³-hybridized carbons (Fsp3) is 0.333. The molecule has 1 aromatic heterocycles. The number of likely N-dealkylation sites (N-methyl/N-ethyl adjacent to an activating group) is 1. The Morgan fingerprint density at radius 2 is 1.84 bits per heavy atom. The average molecular weight is 265 g/mol. The third-order valence-corrected chi connectivity index (χ3v) is 2.87. The summed E-state index contributed by atoms with van der Waals surface area (Å²) in [6.45, 7) is 5.00. The molecule has 0 saturated heterocycles. The molecular weight excluding hydrogens is 248 g/mol. The highest BCUT2D eigenvalue weighted by Gasteiger charge is 2.10. The van der Waals surface area contributed by atoms with Crippen molar-refractivity contribution >= 4 is 0 Å². The number of benzene rings is 1. The van der Waals surface area contributed by atoms with Gasteiger partial charge in [0.15, 0.2) is 0 Å². The minimum atomic E-state index is -0.603. The minimum absolute atomic E-state index is 0.299. The molecule has 0 spiro atoms. The molecule has 0 aliphatic heterocycles. The van der Waals surface area contributed by atoms with Crippen LogP contribution in [-0.4, -0.2) is 12.6 Å². The van der Waals surface area contributed by atoms with Gasteiger partial charge in [0.25, 0.3) is 0 Å². The van der Waals surface area contributed by atoms with Gasteiger partial charge in [0, 0.05) is 24.1 Å².